The number of likely N-dealkylation sites (tertiary alicyclic amines) is 1. The second kappa shape index (κ2) is 6.86. The Morgan fingerprint density at radius 2 is 2.37 bits per heavy atom. The first-order valence-electron chi connectivity index (χ1n) is 6.77. The summed E-state index contributed by atoms with van der Waals surface area (Å²) in [6.45, 7) is 4.43. The van der Waals surface area contributed by atoms with Crippen molar-refractivity contribution >= 4 is 33.2 Å². The highest BCUT2D eigenvalue weighted by Crippen LogP contribution is 2.22. The van der Waals surface area contributed by atoms with Gasteiger partial charge < -0.3 is 4.90 Å². The van der Waals surface area contributed by atoms with Gasteiger partial charge in [-0.25, -0.2) is 0 Å². The molecule has 1 aliphatic heterocycles. The van der Waals surface area contributed by atoms with Crippen LogP contribution in [0.5, 0.6) is 0 Å². The largest absolute Gasteiger partial charge is 0.339 e. The lowest BCUT2D eigenvalue weighted by molar-refractivity contribution is -0.135. The van der Waals surface area contributed by atoms with Crippen molar-refractivity contribution in [3.63, 3.8) is 0 Å². The van der Waals surface area contributed by atoms with Gasteiger partial charge in [0.25, 0.3) is 0 Å². The Labute approximate surface area is 127 Å². The SMILES string of the molecule is CC1CCCCN1C(=O)CN(C)Cc1csc(Br)c1. The summed E-state index contributed by atoms with van der Waals surface area (Å²) < 4.78 is 1.15. The zero-order chi connectivity index (χ0) is 13.8. The summed E-state index contributed by atoms with van der Waals surface area (Å²) in [7, 11) is 2.01. The van der Waals surface area contributed by atoms with Crippen molar-refractivity contribution in [2.75, 3.05) is 20.1 Å². The molecule has 0 radical (unpaired) electrons. The van der Waals surface area contributed by atoms with E-state index < -0.39 is 0 Å². The summed E-state index contributed by atoms with van der Waals surface area (Å²) >= 11 is 5.16. The van der Waals surface area contributed by atoms with Gasteiger partial charge in [-0.3, -0.25) is 9.69 Å². The molecular weight excluding hydrogens is 324 g/mol. The molecule has 1 aromatic rings. The molecule has 0 saturated carbocycles. The van der Waals surface area contributed by atoms with Gasteiger partial charge in [0.15, 0.2) is 0 Å². The second-order valence-corrected chi connectivity index (χ2v) is 7.65. The maximum atomic E-state index is 12.3. The highest BCUT2D eigenvalue weighted by molar-refractivity contribution is 9.11. The van der Waals surface area contributed by atoms with Gasteiger partial charge in [-0.2, -0.15) is 0 Å². The normalized spacial score (nSPS) is 20.0. The van der Waals surface area contributed by atoms with E-state index in [1.54, 1.807) is 11.3 Å². The van der Waals surface area contributed by atoms with Gasteiger partial charge >= 0.3 is 0 Å². The minimum absolute atomic E-state index is 0.268. The first-order valence-corrected chi connectivity index (χ1v) is 8.44. The van der Waals surface area contributed by atoms with Gasteiger partial charge in [-0.1, -0.05) is 0 Å². The van der Waals surface area contributed by atoms with E-state index in [9.17, 15) is 4.79 Å². The molecule has 2 heterocycles. The molecule has 0 bridgehead atoms. The molecule has 1 amide bonds. The zero-order valence-electron chi connectivity index (χ0n) is 11.6. The summed E-state index contributed by atoms with van der Waals surface area (Å²) in [6, 6.07) is 2.53. The van der Waals surface area contributed by atoms with Gasteiger partial charge in [0.05, 0.1) is 10.3 Å². The Balaban J connectivity index is 1.84. The number of halogens is 1. The minimum Gasteiger partial charge on any atom is -0.339 e. The average Bonchev–Trinajstić information content (AvgIpc) is 2.74. The predicted octanol–water partition coefficient (Wildman–Crippen LogP) is 3.34. The van der Waals surface area contributed by atoms with Gasteiger partial charge in [-0.05, 0) is 66.2 Å². The fraction of sp³-hybridized carbons (Fsp3) is 0.643. The van der Waals surface area contributed by atoms with Crippen LogP contribution < -0.4 is 0 Å². The van der Waals surface area contributed by atoms with Crippen LogP contribution in [0.4, 0.5) is 0 Å². The standard InChI is InChI=1S/C14H21BrN2OS/c1-11-5-3-4-6-17(11)14(18)9-16(2)8-12-7-13(15)19-10-12/h7,10-11H,3-6,8-9H2,1-2H3. The molecule has 106 valence electrons. The second-order valence-electron chi connectivity index (χ2n) is 5.36. The third kappa shape index (κ3) is 4.29. The van der Waals surface area contributed by atoms with Crippen LogP contribution in [0.2, 0.25) is 0 Å². The first-order chi connectivity index (χ1) is 9.06. The quantitative estimate of drug-likeness (QED) is 0.836. The Bertz CT molecular complexity index is 435. The summed E-state index contributed by atoms with van der Waals surface area (Å²) in [4.78, 5) is 16.4. The van der Waals surface area contributed by atoms with Gasteiger partial charge in [0, 0.05) is 19.1 Å². The number of carbonyl (C=O) groups excluding carboxylic acids is 1. The first kappa shape index (κ1) is 15.0. The van der Waals surface area contributed by atoms with Crippen LogP contribution in [0.25, 0.3) is 0 Å². The van der Waals surface area contributed by atoms with E-state index in [1.807, 2.05) is 11.9 Å². The highest BCUT2D eigenvalue weighted by Gasteiger charge is 2.23. The van der Waals surface area contributed by atoms with Crippen LogP contribution in [-0.2, 0) is 11.3 Å². The van der Waals surface area contributed by atoms with Crippen LogP contribution in [0.15, 0.2) is 15.2 Å². The molecule has 0 spiro atoms. The van der Waals surface area contributed by atoms with Crippen molar-refractivity contribution < 1.29 is 4.79 Å². The monoisotopic (exact) mass is 344 g/mol. The zero-order valence-corrected chi connectivity index (χ0v) is 14.0. The number of nitrogens with zero attached hydrogens (tertiary/aromatic N) is 2. The number of carbonyl (C=O) groups is 1. The molecule has 1 aromatic heterocycles. The maximum Gasteiger partial charge on any atom is 0.236 e. The van der Waals surface area contributed by atoms with E-state index in [0.29, 0.717) is 12.6 Å². The van der Waals surface area contributed by atoms with Crippen molar-refractivity contribution in [1.29, 1.82) is 0 Å². The molecule has 1 saturated heterocycles. The number of thiophene rings is 1. The van der Waals surface area contributed by atoms with Crippen molar-refractivity contribution in [3.05, 3.63) is 20.8 Å². The fourth-order valence-corrected chi connectivity index (χ4v) is 3.79. The third-order valence-corrected chi connectivity index (χ3v) is 5.16. The summed E-state index contributed by atoms with van der Waals surface area (Å²) in [6.07, 6.45) is 3.55. The molecule has 1 unspecified atom stereocenters. The number of rotatable bonds is 4. The molecule has 0 aliphatic carbocycles. The van der Waals surface area contributed by atoms with Crippen LogP contribution in [0.3, 0.4) is 0 Å². The van der Waals surface area contributed by atoms with Crippen LogP contribution in [0, 0.1) is 0 Å². The Morgan fingerprint density at radius 1 is 1.58 bits per heavy atom. The fourth-order valence-electron chi connectivity index (χ4n) is 2.59. The van der Waals surface area contributed by atoms with Crippen molar-refractivity contribution in [1.82, 2.24) is 9.80 Å². The van der Waals surface area contributed by atoms with E-state index in [1.165, 1.54) is 12.0 Å². The Morgan fingerprint density at radius 3 is 3.00 bits per heavy atom. The Kier molecular flexibility index (Phi) is 5.42. The molecule has 0 aromatic carbocycles. The molecule has 1 atom stereocenters. The average molecular weight is 345 g/mol. The topological polar surface area (TPSA) is 23.6 Å². The highest BCUT2D eigenvalue weighted by atomic mass is 79.9. The van der Waals surface area contributed by atoms with Crippen LogP contribution >= 0.6 is 27.3 Å². The summed E-state index contributed by atoms with van der Waals surface area (Å²) in [5, 5.41) is 2.13. The molecule has 1 fully saturated rings. The van der Waals surface area contributed by atoms with E-state index in [2.05, 4.69) is 39.2 Å². The Hall–Kier alpha value is -0.390. The van der Waals surface area contributed by atoms with Gasteiger partial charge in [0.1, 0.15) is 0 Å². The predicted molar refractivity (Wildman–Crippen MR) is 83.4 cm³/mol. The lowest BCUT2D eigenvalue weighted by atomic mass is 10.0. The number of likely N-dealkylation sites (N-methyl/N-ethyl adjacent to an activating group) is 1. The number of hydrogen-bond donors (Lipinski definition) is 0. The lowest BCUT2D eigenvalue weighted by Gasteiger charge is -2.34. The summed E-state index contributed by atoms with van der Waals surface area (Å²) in [5.41, 5.74) is 1.26. The molecule has 1 aliphatic rings. The van der Waals surface area contributed by atoms with Crippen molar-refractivity contribution in [3.8, 4) is 0 Å². The molecule has 0 N–H and O–H groups in total. The number of piperidine rings is 1. The van der Waals surface area contributed by atoms with E-state index in [0.717, 1.165) is 29.7 Å². The van der Waals surface area contributed by atoms with Gasteiger partial charge in [-0.15, -0.1) is 11.3 Å². The molecule has 5 heteroatoms. The molecular formula is C14H21BrN2OS. The number of amides is 1. The van der Waals surface area contributed by atoms with Crippen molar-refractivity contribution in [2.45, 2.75) is 38.8 Å². The lowest BCUT2D eigenvalue weighted by Crippen LogP contribution is -2.46. The van der Waals surface area contributed by atoms with Crippen molar-refractivity contribution in [2.24, 2.45) is 0 Å². The smallest absolute Gasteiger partial charge is 0.236 e. The molecule has 2 rings (SSSR count). The maximum absolute atomic E-state index is 12.3. The van der Waals surface area contributed by atoms with Crippen LogP contribution in [-0.4, -0.2) is 41.9 Å². The van der Waals surface area contributed by atoms with E-state index in [4.69, 9.17) is 0 Å². The molecule has 3 nitrogen and oxygen atoms in total. The summed E-state index contributed by atoms with van der Waals surface area (Å²) in [5.74, 6) is 0.268. The third-order valence-electron chi connectivity index (χ3n) is 3.60. The molecule has 19 heavy (non-hydrogen) atoms. The van der Waals surface area contributed by atoms with Gasteiger partial charge in [0.2, 0.25) is 5.91 Å². The van der Waals surface area contributed by atoms with E-state index in [-0.39, 0.29) is 5.91 Å². The van der Waals surface area contributed by atoms with E-state index >= 15 is 0 Å². The number of hydrogen-bond acceptors (Lipinski definition) is 3. The van der Waals surface area contributed by atoms with Crippen LogP contribution in [0.1, 0.15) is 31.7 Å². The minimum atomic E-state index is 0.268.